The fourth-order valence-corrected chi connectivity index (χ4v) is 3.62. The zero-order valence-electron chi connectivity index (χ0n) is 16.0. The first-order chi connectivity index (χ1) is 14.6. The minimum absolute atomic E-state index is 0.00859. The Bertz CT molecular complexity index is 1200. The van der Waals surface area contributed by atoms with Crippen LogP contribution in [0.5, 0.6) is 5.75 Å². The molecule has 31 heavy (non-hydrogen) atoms. The summed E-state index contributed by atoms with van der Waals surface area (Å²) in [4.78, 5) is 16.5. The van der Waals surface area contributed by atoms with Gasteiger partial charge < -0.3 is 15.8 Å². The van der Waals surface area contributed by atoms with E-state index >= 15 is 0 Å². The average Bonchev–Trinajstić information content (AvgIpc) is 2.72. The Kier molecular flexibility index (Phi) is 7.01. The molecule has 0 aliphatic carbocycles. The molecule has 11 heteroatoms. The number of nitrogen functional groups attached to an aromatic ring is 1. The van der Waals surface area contributed by atoms with Crippen molar-refractivity contribution in [2.75, 3.05) is 5.73 Å². The third-order valence-electron chi connectivity index (χ3n) is 4.28. The van der Waals surface area contributed by atoms with Crippen molar-refractivity contribution in [3.05, 3.63) is 81.5 Å². The van der Waals surface area contributed by atoms with Crippen molar-refractivity contribution in [3.8, 4) is 5.75 Å². The van der Waals surface area contributed by atoms with E-state index in [4.69, 9.17) is 38.8 Å². The van der Waals surface area contributed by atoms with E-state index in [0.29, 0.717) is 21.2 Å². The highest BCUT2D eigenvalue weighted by Crippen LogP contribution is 2.27. The number of ether oxygens (including phenoxy) is 1. The summed E-state index contributed by atoms with van der Waals surface area (Å²) in [6, 6.07) is 12.4. The molecule has 1 heterocycles. The molecule has 0 saturated carbocycles. The SMILES string of the molecule is Nc1ncc(C(=O)NCc2ccc(S(N)(=O)=O)cc2)cc1OCc1c(Cl)cccc1Cl. The number of sulfonamides is 1. The average molecular weight is 481 g/mol. The predicted molar refractivity (Wildman–Crippen MR) is 118 cm³/mol. The first-order valence-electron chi connectivity index (χ1n) is 8.86. The number of rotatable bonds is 7. The lowest BCUT2D eigenvalue weighted by Gasteiger charge is -2.12. The van der Waals surface area contributed by atoms with E-state index in [1.54, 1.807) is 30.3 Å². The smallest absolute Gasteiger partial charge is 0.253 e. The summed E-state index contributed by atoms with van der Waals surface area (Å²) in [5, 5.41) is 8.67. The molecule has 1 aromatic heterocycles. The normalized spacial score (nSPS) is 11.2. The number of pyridine rings is 1. The van der Waals surface area contributed by atoms with Gasteiger partial charge in [0.05, 0.1) is 10.5 Å². The van der Waals surface area contributed by atoms with Crippen LogP contribution in [0, 0.1) is 0 Å². The molecule has 5 N–H and O–H groups in total. The lowest BCUT2D eigenvalue weighted by Crippen LogP contribution is -2.23. The van der Waals surface area contributed by atoms with Crippen molar-refractivity contribution in [3.63, 3.8) is 0 Å². The maximum atomic E-state index is 12.5. The van der Waals surface area contributed by atoms with Crippen LogP contribution in [0.1, 0.15) is 21.5 Å². The van der Waals surface area contributed by atoms with Crippen LogP contribution in [0.25, 0.3) is 0 Å². The molecule has 0 aliphatic rings. The molecule has 0 bridgehead atoms. The van der Waals surface area contributed by atoms with Crippen LogP contribution in [0.15, 0.2) is 59.6 Å². The molecule has 0 atom stereocenters. The number of halogens is 2. The second-order valence-electron chi connectivity index (χ2n) is 6.47. The van der Waals surface area contributed by atoms with Crippen LogP contribution in [0.3, 0.4) is 0 Å². The van der Waals surface area contributed by atoms with Gasteiger partial charge in [0, 0.05) is 28.4 Å². The fraction of sp³-hybridized carbons (Fsp3) is 0.100. The second kappa shape index (κ2) is 9.52. The molecular formula is C20H18Cl2N4O4S. The Labute approximate surface area is 189 Å². The predicted octanol–water partition coefficient (Wildman–Crippen LogP) is 3.13. The highest BCUT2D eigenvalue weighted by Gasteiger charge is 2.13. The largest absolute Gasteiger partial charge is 0.485 e. The molecule has 2 aromatic carbocycles. The fourth-order valence-electron chi connectivity index (χ4n) is 2.60. The van der Waals surface area contributed by atoms with E-state index in [1.807, 2.05) is 0 Å². The number of nitrogens with one attached hydrogen (secondary N) is 1. The number of carbonyl (C=O) groups is 1. The highest BCUT2D eigenvalue weighted by molar-refractivity contribution is 7.89. The van der Waals surface area contributed by atoms with E-state index in [1.165, 1.54) is 24.4 Å². The van der Waals surface area contributed by atoms with Crippen LogP contribution in [-0.2, 0) is 23.2 Å². The number of amides is 1. The third kappa shape index (κ3) is 5.86. The van der Waals surface area contributed by atoms with Crippen LogP contribution >= 0.6 is 23.2 Å². The van der Waals surface area contributed by atoms with Crippen molar-refractivity contribution in [1.82, 2.24) is 10.3 Å². The van der Waals surface area contributed by atoms with Gasteiger partial charge in [0.2, 0.25) is 10.0 Å². The molecule has 162 valence electrons. The van der Waals surface area contributed by atoms with Gasteiger partial charge in [-0.3, -0.25) is 4.79 Å². The van der Waals surface area contributed by atoms with Crippen LogP contribution in [-0.4, -0.2) is 19.3 Å². The Hall–Kier alpha value is -2.85. The number of aromatic nitrogens is 1. The minimum atomic E-state index is -3.77. The van der Waals surface area contributed by atoms with Crippen molar-refractivity contribution in [1.29, 1.82) is 0 Å². The number of primary sulfonamides is 1. The number of hydrogen-bond acceptors (Lipinski definition) is 6. The molecule has 3 aromatic rings. The summed E-state index contributed by atoms with van der Waals surface area (Å²) in [7, 11) is -3.77. The van der Waals surface area contributed by atoms with Gasteiger partial charge in [-0.2, -0.15) is 0 Å². The number of nitrogens with zero attached hydrogens (tertiary/aromatic N) is 1. The zero-order chi connectivity index (χ0) is 22.6. The van der Waals surface area contributed by atoms with Gasteiger partial charge in [0.1, 0.15) is 6.61 Å². The lowest BCUT2D eigenvalue weighted by molar-refractivity contribution is 0.0950. The molecule has 0 unspecified atom stereocenters. The summed E-state index contributed by atoms with van der Waals surface area (Å²) in [6.07, 6.45) is 1.32. The maximum Gasteiger partial charge on any atom is 0.253 e. The van der Waals surface area contributed by atoms with E-state index in [-0.39, 0.29) is 35.2 Å². The van der Waals surface area contributed by atoms with Gasteiger partial charge in [-0.05, 0) is 35.9 Å². The van der Waals surface area contributed by atoms with E-state index in [9.17, 15) is 13.2 Å². The zero-order valence-corrected chi connectivity index (χ0v) is 18.3. The standard InChI is InChI=1S/C20H18Cl2N4O4S/c21-16-2-1-3-17(22)15(16)11-30-18-8-13(10-25-19(18)23)20(27)26-9-12-4-6-14(7-5-12)31(24,28)29/h1-8,10H,9,11H2,(H2,23,25)(H,26,27)(H2,24,28,29). The van der Waals surface area contributed by atoms with Gasteiger partial charge in [-0.1, -0.05) is 41.4 Å². The molecule has 0 radical (unpaired) electrons. The monoisotopic (exact) mass is 480 g/mol. The number of anilines is 1. The van der Waals surface area contributed by atoms with Gasteiger partial charge in [-0.15, -0.1) is 0 Å². The molecule has 0 fully saturated rings. The Morgan fingerprint density at radius 1 is 1.10 bits per heavy atom. The minimum Gasteiger partial charge on any atom is -0.485 e. The molecule has 0 spiro atoms. The van der Waals surface area contributed by atoms with Crippen molar-refractivity contribution in [2.24, 2.45) is 5.14 Å². The van der Waals surface area contributed by atoms with Gasteiger partial charge in [0.15, 0.2) is 11.6 Å². The van der Waals surface area contributed by atoms with Gasteiger partial charge >= 0.3 is 0 Å². The second-order valence-corrected chi connectivity index (χ2v) is 8.84. The van der Waals surface area contributed by atoms with Gasteiger partial charge in [-0.25, -0.2) is 18.5 Å². The van der Waals surface area contributed by atoms with Crippen LogP contribution in [0.2, 0.25) is 10.0 Å². The summed E-state index contributed by atoms with van der Waals surface area (Å²) < 4.78 is 28.3. The Morgan fingerprint density at radius 2 is 1.74 bits per heavy atom. The summed E-state index contributed by atoms with van der Waals surface area (Å²) in [6.45, 7) is 0.214. The first kappa shape index (κ1) is 22.8. The number of benzene rings is 2. The summed E-state index contributed by atoms with van der Waals surface area (Å²) >= 11 is 12.3. The number of carbonyl (C=O) groups excluding carboxylic acids is 1. The number of hydrogen-bond donors (Lipinski definition) is 3. The van der Waals surface area contributed by atoms with Crippen molar-refractivity contribution in [2.45, 2.75) is 18.0 Å². The lowest BCUT2D eigenvalue weighted by atomic mass is 10.2. The number of nitrogens with two attached hydrogens (primary N) is 2. The summed E-state index contributed by atoms with van der Waals surface area (Å²) in [5.41, 5.74) is 7.36. The van der Waals surface area contributed by atoms with Crippen molar-refractivity contribution < 1.29 is 17.9 Å². The molecule has 0 saturated heterocycles. The van der Waals surface area contributed by atoms with E-state index in [2.05, 4.69) is 10.3 Å². The molecule has 0 aliphatic heterocycles. The molecular weight excluding hydrogens is 463 g/mol. The van der Waals surface area contributed by atoms with Crippen LogP contribution < -0.4 is 20.9 Å². The summed E-state index contributed by atoms with van der Waals surface area (Å²) in [5.74, 6) is -0.0944. The topological polar surface area (TPSA) is 137 Å². The maximum absolute atomic E-state index is 12.5. The Balaban J connectivity index is 1.67. The van der Waals surface area contributed by atoms with E-state index < -0.39 is 15.9 Å². The molecule has 3 rings (SSSR count). The van der Waals surface area contributed by atoms with Crippen LogP contribution in [0.4, 0.5) is 5.82 Å². The van der Waals surface area contributed by atoms with Crippen molar-refractivity contribution >= 4 is 45.0 Å². The first-order valence-corrected chi connectivity index (χ1v) is 11.2. The Morgan fingerprint density at radius 3 is 2.35 bits per heavy atom. The quantitative estimate of drug-likeness (QED) is 0.474. The van der Waals surface area contributed by atoms with E-state index in [0.717, 1.165) is 0 Å². The third-order valence-corrected chi connectivity index (χ3v) is 5.92. The molecule has 8 nitrogen and oxygen atoms in total. The highest BCUT2D eigenvalue weighted by atomic mass is 35.5. The van der Waals surface area contributed by atoms with Gasteiger partial charge in [0.25, 0.3) is 5.91 Å². The molecule has 1 amide bonds.